The van der Waals surface area contributed by atoms with Crippen LogP contribution in [0.2, 0.25) is 5.02 Å². The summed E-state index contributed by atoms with van der Waals surface area (Å²) < 4.78 is 6.97. The lowest BCUT2D eigenvalue weighted by Crippen LogP contribution is -2.46. The van der Waals surface area contributed by atoms with Gasteiger partial charge in [0.1, 0.15) is 11.9 Å². The molecule has 0 aliphatic heterocycles. The topological polar surface area (TPSA) is 47.3 Å². The number of nitrogens with one attached hydrogen (secondary N) is 1. The molecule has 0 aromatic heterocycles. The second kappa shape index (κ2) is 7.80. The van der Waals surface area contributed by atoms with Gasteiger partial charge in [0, 0.05) is 9.50 Å². The van der Waals surface area contributed by atoms with E-state index in [0.717, 1.165) is 16.6 Å². The summed E-state index contributed by atoms with van der Waals surface area (Å²) >= 11 is 9.44. The van der Waals surface area contributed by atoms with Gasteiger partial charge in [0.05, 0.1) is 6.04 Å². The van der Waals surface area contributed by atoms with E-state index in [2.05, 4.69) is 33.5 Å². The van der Waals surface area contributed by atoms with Gasteiger partial charge in [0.15, 0.2) is 0 Å². The van der Waals surface area contributed by atoms with E-state index in [1.165, 1.54) is 5.56 Å². The third-order valence-electron chi connectivity index (χ3n) is 3.24. The van der Waals surface area contributed by atoms with Gasteiger partial charge in [-0.15, -0.1) is 0 Å². The molecule has 2 aromatic carbocycles. The zero-order valence-corrected chi connectivity index (χ0v) is 14.1. The van der Waals surface area contributed by atoms with E-state index in [0.29, 0.717) is 5.02 Å². The van der Waals surface area contributed by atoms with Crippen LogP contribution in [0.5, 0.6) is 5.75 Å². The van der Waals surface area contributed by atoms with Crippen molar-refractivity contribution in [2.75, 3.05) is 0 Å². The molecule has 3 nitrogen and oxygen atoms in total. The van der Waals surface area contributed by atoms with Crippen molar-refractivity contribution in [1.29, 1.82) is 0 Å². The molecular weight excluding hydrogens is 352 g/mol. The van der Waals surface area contributed by atoms with Crippen LogP contribution in [0.3, 0.4) is 0 Å². The highest BCUT2D eigenvalue weighted by atomic mass is 79.9. The van der Waals surface area contributed by atoms with Crippen LogP contribution in [-0.2, 0) is 6.42 Å². The average Bonchev–Trinajstić information content (AvgIpc) is 2.44. The summed E-state index contributed by atoms with van der Waals surface area (Å²) in [6, 6.07) is 15.5. The van der Waals surface area contributed by atoms with E-state index >= 15 is 0 Å². The Hall–Kier alpha value is -1.07. The van der Waals surface area contributed by atoms with Crippen molar-refractivity contribution in [3.8, 4) is 5.75 Å². The Kier molecular flexibility index (Phi) is 6.06. The molecule has 0 aliphatic rings. The molecule has 21 heavy (non-hydrogen) atoms. The molecular formula is C16H18BrClN2O. The molecule has 2 rings (SSSR count). The highest BCUT2D eigenvalue weighted by Gasteiger charge is 2.18. The first-order chi connectivity index (χ1) is 10.1. The SMILES string of the molecule is CC(Oc1cccc(Cl)c1)C(Cc1cccc(Br)c1)NN. The van der Waals surface area contributed by atoms with Crippen LogP contribution >= 0.6 is 27.5 Å². The molecule has 2 unspecified atom stereocenters. The van der Waals surface area contributed by atoms with Crippen LogP contribution in [0, 0.1) is 0 Å². The summed E-state index contributed by atoms with van der Waals surface area (Å²) in [6.45, 7) is 1.99. The van der Waals surface area contributed by atoms with Crippen LogP contribution in [0.1, 0.15) is 12.5 Å². The lowest BCUT2D eigenvalue weighted by molar-refractivity contribution is 0.169. The summed E-state index contributed by atoms with van der Waals surface area (Å²) in [5.74, 6) is 6.42. The van der Waals surface area contributed by atoms with Gasteiger partial charge in [0.25, 0.3) is 0 Å². The first kappa shape index (κ1) is 16.3. The molecule has 0 fully saturated rings. The Bertz CT molecular complexity index is 594. The zero-order valence-electron chi connectivity index (χ0n) is 11.7. The minimum absolute atomic E-state index is 0.00159. The largest absolute Gasteiger partial charge is 0.489 e. The molecule has 0 spiro atoms. The fraction of sp³-hybridized carbons (Fsp3) is 0.250. The molecule has 2 aromatic rings. The summed E-state index contributed by atoms with van der Waals surface area (Å²) in [4.78, 5) is 0. The monoisotopic (exact) mass is 368 g/mol. The molecule has 0 heterocycles. The fourth-order valence-corrected chi connectivity index (χ4v) is 2.74. The van der Waals surface area contributed by atoms with Gasteiger partial charge in [-0.1, -0.05) is 45.7 Å². The predicted octanol–water partition coefficient (Wildman–Crippen LogP) is 3.94. The average molecular weight is 370 g/mol. The van der Waals surface area contributed by atoms with E-state index in [1.807, 2.05) is 37.3 Å². The lowest BCUT2D eigenvalue weighted by Gasteiger charge is -2.24. The molecule has 5 heteroatoms. The molecule has 0 saturated carbocycles. The Labute approximate surface area is 138 Å². The summed E-state index contributed by atoms with van der Waals surface area (Å²) in [5.41, 5.74) is 4.02. The van der Waals surface area contributed by atoms with Crippen molar-refractivity contribution in [3.05, 3.63) is 63.6 Å². The lowest BCUT2D eigenvalue weighted by atomic mass is 10.0. The second-order valence-electron chi connectivity index (χ2n) is 4.89. The minimum Gasteiger partial charge on any atom is -0.489 e. The summed E-state index contributed by atoms with van der Waals surface area (Å²) in [5, 5.41) is 0.656. The van der Waals surface area contributed by atoms with Gasteiger partial charge >= 0.3 is 0 Å². The number of hydrazine groups is 1. The zero-order chi connectivity index (χ0) is 15.2. The van der Waals surface area contributed by atoms with E-state index < -0.39 is 0 Å². The molecule has 2 atom stereocenters. The van der Waals surface area contributed by atoms with Gasteiger partial charge in [-0.2, -0.15) is 0 Å². The van der Waals surface area contributed by atoms with Crippen LogP contribution in [0.4, 0.5) is 0 Å². The number of benzene rings is 2. The van der Waals surface area contributed by atoms with Crippen molar-refractivity contribution >= 4 is 27.5 Å². The Morgan fingerprint density at radius 1 is 1.24 bits per heavy atom. The molecule has 0 amide bonds. The van der Waals surface area contributed by atoms with E-state index in [9.17, 15) is 0 Å². The van der Waals surface area contributed by atoms with Crippen LogP contribution in [-0.4, -0.2) is 12.1 Å². The number of ether oxygens (including phenoxy) is 1. The summed E-state index contributed by atoms with van der Waals surface area (Å²) in [7, 11) is 0. The molecule has 0 radical (unpaired) electrons. The van der Waals surface area contributed by atoms with Crippen molar-refractivity contribution < 1.29 is 4.74 Å². The van der Waals surface area contributed by atoms with Crippen molar-refractivity contribution in [2.24, 2.45) is 5.84 Å². The number of hydrogen-bond donors (Lipinski definition) is 2. The molecule has 3 N–H and O–H groups in total. The number of halogens is 2. The number of hydrogen-bond acceptors (Lipinski definition) is 3. The maximum absolute atomic E-state index is 5.96. The third kappa shape index (κ3) is 5.00. The first-order valence-electron chi connectivity index (χ1n) is 6.71. The maximum Gasteiger partial charge on any atom is 0.121 e. The second-order valence-corrected chi connectivity index (χ2v) is 6.24. The normalized spacial score (nSPS) is 13.7. The van der Waals surface area contributed by atoms with Crippen LogP contribution < -0.4 is 16.0 Å². The van der Waals surface area contributed by atoms with Gasteiger partial charge in [-0.05, 0) is 49.2 Å². The van der Waals surface area contributed by atoms with E-state index in [-0.39, 0.29) is 12.1 Å². The van der Waals surface area contributed by atoms with E-state index in [4.69, 9.17) is 22.2 Å². The Morgan fingerprint density at radius 3 is 2.67 bits per heavy atom. The molecule has 0 aliphatic carbocycles. The highest BCUT2D eigenvalue weighted by Crippen LogP contribution is 2.20. The van der Waals surface area contributed by atoms with Gasteiger partial charge in [0.2, 0.25) is 0 Å². The van der Waals surface area contributed by atoms with Crippen molar-refractivity contribution in [1.82, 2.24) is 5.43 Å². The minimum atomic E-state index is -0.0903. The van der Waals surface area contributed by atoms with Crippen molar-refractivity contribution in [2.45, 2.75) is 25.5 Å². The van der Waals surface area contributed by atoms with Gasteiger partial charge in [-0.3, -0.25) is 11.3 Å². The van der Waals surface area contributed by atoms with E-state index in [1.54, 1.807) is 6.07 Å². The van der Waals surface area contributed by atoms with Crippen LogP contribution in [0.25, 0.3) is 0 Å². The van der Waals surface area contributed by atoms with Gasteiger partial charge in [-0.25, -0.2) is 0 Å². The van der Waals surface area contributed by atoms with Crippen molar-refractivity contribution in [3.63, 3.8) is 0 Å². The number of nitrogens with two attached hydrogens (primary N) is 1. The van der Waals surface area contributed by atoms with Crippen LogP contribution in [0.15, 0.2) is 53.0 Å². The summed E-state index contributed by atoms with van der Waals surface area (Å²) in [6.07, 6.45) is 0.685. The standard InChI is InChI=1S/C16H18BrClN2O/c1-11(21-15-7-3-6-14(18)10-15)16(20-19)9-12-4-2-5-13(17)8-12/h2-8,10-11,16,20H,9,19H2,1H3. The Morgan fingerprint density at radius 2 is 2.00 bits per heavy atom. The molecule has 0 saturated heterocycles. The smallest absolute Gasteiger partial charge is 0.121 e. The van der Waals surface area contributed by atoms with Gasteiger partial charge < -0.3 is 4.74 Å². The predicted molar refractivity (Wildman–Crippen MR) is 90.5 cm³/mol. The molecule has 0 bridgehead atoms. The number of rotatable bonds is 6. The molecule has 112 valence electrons. The fourth-order valence-electron chi connectivity index (χ4n) is 2.12. The quantitative estimate of drug-likeness (QED) is 0.599. The third-order valence-corrected chi connectivity index (χ3v) is 3.97. The Balaban J connectivity index is 2.03. The highest BCUT2D eigenvalue weighted by molar-refractivity contribution is 9.10. The first-order valence-corrected chi connectivity index (χ1v) is 7.88. The maximum atomic E-state index is 5.96.